The Labute approximate surface area is 127 Å². The van der Waals surface area contributed by atoms with Gasteiger partial charge in [0.15, 0.2) is 0 Å². The van der Waals surface area contributed by atoms with Crippen molar-refractivity contribution in [3.63, 3.8) is 0 Å². The minimum absolute atomic E-state index is 0.0495. The zero-order chi connectivity index (χ0) is 15.4. The molecule has 1 aromatic heterocycles. The van der Waals surface area contributed by atoms with E-state index >= 15 is 0 Å². The fourth-order valence-corrected chi connectivity index (χ4v) is 3.03. The minimum atomic E-state index is 0.0495. The molecule has 0 spiro atoms. The van der Waals surface area contributed by atoms with Gasteiger partial charge in [0.2, 0.25) is 0 Å². The third-order valence-corrected chi connectivity index (χ3v) is 4.04. The Balaban J connectivity index is 2.14. The number of hydrogen-bond acceptors (Lipinski definition) is 3. The molecule has 0 radical (unpaired) electrons. The number of aromatic nitrogens is 1. The second-order valence-corrected chi connectivity index (χ2v) is 6.24. The molecule has 1 fully saturated rings. The largest absolute Gasteiger partial charge is 0.336 e. The highest BCUT2D eigenvalue weighted by molar-refractivity contribution is 5.75. The topological polar surface area (TPSA) is 48.5 Å². The molecule has 0 aromatic carbocycles. The number of urea groups is 1. The number of pyridine rings is 1. The van der Waals surface area contributed by atoms with Gasteiger partial charge in [0, 0.05) is 31.0 Å². The molecule has 2 rings (SSSR count). The lowest BCUT2D eigenvalue weighted by Gasteiger charge is -2.32. The number of carbonyl (C=O) groups excluding carboxylic acids is 1. The number of nitrogens with zero attached hydrogens (tertiary/aromatic N) is 3. The highest BCUT2D eigenvalue weighted by Crippen LogP contribution is 2.25. The van der Waals surface area contributed by atoms with E-state index in [-0.39, 0.29) is 18.1 Å². The summed E-state index contributed by atoms with van der Waals surface area (Å²) in [6.07, 6.45) is 5.52. The van der Waals surface area contributed by atoms with Crippen molar-refractivity contribution in [1.29, 1.82) is 0 Å². The predicted octanol–water partition coefficient (Wildman–Crippen LogP) is 1.75. The van der Waals surface area contributed by atoms with Crippen molar-refractivity contribution in [2.24, 2.45) is 0 Å². The van der Waals surface area contributed by atoms with E-state index in [0.717, 1.165) is 19.4 Å². The Kier molecular flexibility index (Phi) is 5.17. The van der Waals surface area contributed by atoms with Gasteiger partial charge in [-0.15, -0.1) is 0 Å². The number of hydrogen-bond donors (Lipinski definition) is 1. The molecule has 5 nitrogen and oxygen atoms in total. The van der Waals surface area contributed by atoms with Crippen LogP contribution in [-0.4, -0.2) is 59.6 Å². The third kappa shape index (κ3) is 3.94. The number of likely N-dealkylation sites (tertiary alicyclic amines) is 1. The van der Waals surface area contributed by atoms with Crippen molar-refractivity contribution in [2.75, 3.05) is 20.6 Å². The van der Waals surface area contributed by atoms with Gasteiger partial charge in [-0.05, 0) is 58.5 Å². The van der Waals surface area contributed by atoms with Gasteiger partial charge in [0.1, 0.15) is 0 Å². The first-order valence-corrected chi connectivity index (χ1v) is 7.61. The molecule has 1 saturated heterocycles. The summed E-state index contributed by atoms with van der Waals surface area (Å²) in [7, 11) is 4.18. The van der Waals surface area contributed by atoms with Crippen LogP contribution < -0.4 is 5.32 Å². The molecule has 0 unspecified atom stereocenters. The van der Waals surface area contributed by atoms with Crippen LogP contribution in [0, 0.1) is 0 Å². The Morgan fingerprint density at radius 1 is 1.43 bits per heavy atom. The van der Waals surface area contributed by atoms with Crippen LogP contribution >= 0.6 is 0 Å². The van der Waals surface area contributed by atoms with E-state index in [2.05, 4.69) is 29.3 Å². The normalized spacial score (nSPS) is 22.1. The molecule has 1 aromatic rings. The number of likely N-dealkylation sites (N-methyl/N-ethyl adjacent to an activating group) is 1. The maximum atomic E-state index is 12.4. The number of carbonyl (C=O) groups is 1. The standard InChI is InChI=1S/C16H26N4O/c1-12(2)18-16(21)20-10-7-14(19(3)4)15(20)11-13-5-8-17-9-6-13/h5-6,8-9,12,14-15H,7,10-11H2,1-4H3,(H,18,21)/t14-,15+/m1/s1. The maximum absolute atomic E-state index is 12.4. The molecular formula is C16H26N4O. The van der Waals surface area contributed by atoms with Crippen molar-refractivity contribution in [3.05, 3.63) is 30.1 Å². The Bertz CT molecular complexity index is 461. The summed E-state index contributed by atoms with van der Waals surface area (Å²) in [6.45, 7) is 4.81. The van der Waals surface area contributed by atoms with Crippen LogP contribution in [0.2, 0.25) is 0 Å². The predicted molar refractivity (Wildman–Crippen MR) is 84.2 cm³/mol. The molecule has 2 heterocycles. The summed E-state index contributed by atoms with van der Waals surface area (Å²) in [4.78, 5) is 20.7. The minimum Gasteiger partial charge on any atom is -0.336 e. The van der Waals surface area contributed by atoms with Crippen LogP contribution in [0.1, 0.15) is 25.8 Å². The molecule has 2 amide bonds. The van der Waals surface area contributed by atoms with E-state index in [1.807, 2.05) is 43.3 Å². The van der Waals surface area contributed by atoms with Gasteiger partial charge in [-0.3, -0.25) is 4.98 Å². The quantitative estimate of drug-likeness (QED) is 0.919. The van der Waals surface area contributed by atoms with Crippen LogP contribution in [0.15, 0.2) is 24.5 Å². The van der Waals surface area contributed by atoms with E-state index in [4.69, 9.17) is 0 Å². The summed E-state index contributed by atoms with van der Waals surface area (Å²) in [6, 6.07) is 4.88. The van der Waals surface area contributed by atoms with E-state index in [1.165, 1.54) is 5.56 Å². The van der Waals surface area contributed by atoms with E-state index in [9.17, 15) is 4.79 Å². The van der Waals surface area contributed by atoms with E-state index < -0.39 is 0 Å². The van der Waals surface area contributed by atoms with Gasteiger partial charge in [0.25, 0.3) is 0 Å². The fraction of sp³-hybridized carbons (Fsp3) is 0.625. The number of nitrogens with one attached hydrogen (secondary N) is 1. The monoisotopic (exact) mass is 290 g/mol. The molecule has 0 saturated carbocycles. The fourth-order valence-electron chi connectivity index (χ4n) is 3.03. The smallest absolute Gasteiger partial charge is 0.317 e. The van der Waals surface area contributed by atoms with Crippen molar-refractivity contribution >= 4 is 6.03 Å². The summed E-state index contributed by atoms with van der Waals surface area (Å²) in [5.74, 6) is 0. The third-order valence-electron chi connectivity index (χ3n) is 4.04. The van der Waals surface area contributed by atoms with Crippen molar-refractivity contribution in [2.45, 2.75) is 44.8 Å². The van der Waals surface area contributed by atoms with Crippen molar-refractivity contribution in [1.82, 2.24) is 20.1 Å². The first kappa shape index (κ1) is 15.8. The van der Waals surface area contributed by atoms with Gasteiger partial charge >= 0.3 is 6.03 Å². The molecule has 0 aliphatic carbocycles. The average molecular weight is 290 g/mol. The lowest BCUT2D eigenvalue weighted by molar-refractivity contribution is 0.169. The molecule has 0 bridgehead atoms. The van der Waals surface area contributed by atoms with Crippen molar-refractivity contribution in [3.8, 4) is 0 Å². The van der Waals surface area contributed by atoms with Crippen LogP contribution in [0.5, 0.6) is 0 Å². The average Bonchev–Trinajstić information content (AvgIpc) is 2.83. The van der Waals surface area contributed by atoms with Crippen LogP contribution in [0.25, 0.3) is 0 Å². The first-order chi connectivity index (χ1) is 9.99. The summed E-state index contributed by atoms with van der Waals surface area (Å²) >= 11 is 0. The molecule has 116 valence electrons. The van der Waals surface area contributed by atoms with Gasteiger partial charge in [-0.25, -0.2) is 4.79 Å². The lowest BCUT2D eigenvalue weighted by Crippen LogP contribution is -2.50. The summed E-state index contributed by atoms with van der Waals surface area (Å²) in [5, 5.41) is 3.02. The molecule has 5 heteroatoms. The number of rotatable bonds is 4. The second-order valence-electron chi connectivity index (χ2n) is 6.24. The molecular weight excluding hydrogens is 264 g/mol. The second kappa shape index (κ2) is 6.89. The number of amides is 2. The zero-order valence-electron chi connectivity index (χ0n) is 13.4. The molecule has 21 heavy (non-hydrogen) atoms. The summed E-state index contributed by atoms with van der Waals surface area (Å²) < 4.78 is 0. The molecule has 1 aliphatic heterocycles. The first-order valence-electron chi connectivity index (χ1n) is 7.61. The van der Waals surface area contributed by atoms with Gasteiger partial charge in [-0.2, -0.15) is 0 Å². The Hall–Kier alpha value is -1.62. The molecule has 1 N–H and O–H groups in total. The van der Waals surface area contributed by atoms with E-state index in [1.54, 1.807) is 0 Å². The van der Waals surface area contributed by atoms with Crippen molar-refractivity contribution < 1.29 is 4.79 Å². The lowest BCUT2D eigenvalue weighted by atomic mass is 10.0. The molecule has 2 atom stereocenters. The van der Waals surface area contributed by atoms with Gasteiger partial charge < -0.3 is 15.1 Å². The highest BCUT2D eigenvalue weighted by atomic mass is 16.2. The SMILES string of the molecule is CC(C)NC(=O)N1CC[C@@H](N(C)C)[C@@H]1Cc1ccncc1. The van der Waals surface area contributed by atoms with Gasteiger partial charge in [-0.1, -0.05) is 0 Å². The van der Waals surface area contributed by atoms with Gasteiger partial charge in [0.05, 0.1) is 6.04 Å². The zero-order valence-corrected chi connectivity index (χ0v) is 13.4. The maximum Gasteiger partial charge on any atom is 0.317 e. The highest BCUT2D eigenvalue weighted by Gasteiger charge is 2.38. The summed E-state index contributed by atoms with van der Waals surface area (Å²) in [5.41, 5.74) is 1.23. The van der Waals surface area contributed by atoms with Crippen LogP contribution in [0.3, 0.4) is 0 Å². The van der Waals surface area contributed by atoms with Crippen LogP contribution in [0.4, 0.5) is 4.79 Å². The Morgan fingerprint density at radius 2 is 2.10 bits per heavy atom. The Morgan fingerprint density at radius 3 is 2.67 bits per heavy atom. The molecule has 1 aliphatic rings. The van der Waals surface area contributed by atoms with Crippen LogP contribution in [-0.2, 0) is 6.42 Å². The van der Waals surface area contributed by atoms with E-state index in [0.29, 0.717) is 6.04 Å².